The first-order chi connectivity index (χ1) is 12.3. The fourth-order valence-corrected chi connectivity index (χ4v) is 4.77. The largest absolute Gasteiger partial charge is 0.396 e. The minimum Gasteiger partial charge on any atom is -0.396 e. The Kier molecular flexibility index (Phi) is 5.46. The highest BCUT2D eigenvalue weighted by molar-refractivity contribution is 7.84. The van der Waals surface area contributed by atoms with Gasteiger partial charge in [0.1, 0.15) is 11.0 Å². The number of benzene rings is 1. The van der Waals surface area contributed by atoms with Gasteiger partial charge < -0.3 is 9.67 Å². The summed E-state index contributed by atoms with van der Waals surface area (Å²) in [7, 11) is -1.21. The van der Waals surface area contributed by atoms with Crippen LogP contribution in [-0.4, -0.2) is 29.5 Å². The second-order valence-electron chi connectivity index (χ2n) is 7.67. The predicted octanol–water partition coefficient (Wildman–Crippen LogP) is 2.60. The highest BCUT2D eigenvalue weighted by Crippen LogP contribution is 2.38. The van der Waals surface area contributed by atoms with Gasteiger partial charge in [-0.1, -0.05) is 30.3 Å². The van der Waals surface area contributed by atoms with Gasteiger partial charge in [0.2, 0.25) is 0 Å². The average molecular weight is 375 g/mol. The van der Waals surface area contributed by atoms with Crippen LogP contribution in [0, 0.1) is 0 Å². The number of hydrogen-bond acceptors (Lipinski definition) is 3. The van der Waals surface area contributed by atoms with E-state index < -0.39 is 15.7 Å². The molecule has 0 aliphatic carbocycles. The van der Waals surface area contributed by atoms with Crippen molar-refractivity contribution in [1.29, 1.82) is 0 Å². The lowest BCUT2D eigenvalue weighted by molar-refractivity contribution is 0.238. The van der Waals surface area contributed by atoms with Crippen LogP contribution in [0.1, 0.15) is 49.9 Å². The van der Waals surface area contributed by atoms with Crippen molar-refractivity contribution in [3.63, 3.8) is 0 Å². The summed E-state index contributed by atoms with van der Waals surface area (Å²) in [5.41, 5.74) is 2.90. The van der Waals surface area contributed by atoms with Crippen molar-refractivity contribution in [1.82, 2.24) is 8.87 Å². The molecule has 1 unspecified atom stereocenters. The Hall–Kier alpha value is -1.76. The van der Waals surface area contributed by atoms with Gasteiger partial charge in [-0.05, 0) is 43.9 Å². The van der Waals surface area contributed by atoms with Crippen molar-refractivity contribution in [2.24, 2.45) is 0 Å². The zero-order valence-corrected chi connectivity index (χ0v) is 16.3. The van der Waals surface area contributed by atoms with E-state index in [0.717, 1.165) is 16.7 Å². The van der Waals surface area contributed by atoms with Crippen molar-refractivity contribution in [2.75, 3.05) is 6.61 Å². The second-order valence-corrected chi connectivity index (χ2v) is 9.86. The van der Waals surface area contributed by atoms with E-state index >= 15 is 0 Å². The molecular formula is C20H26N2O3S. The normalized spacial score (nSPS) is 18.7. The zero-order chi connectivity index (χ0) is 18.9. The van der Waals surface area contributed by atoms with Gasteiger partial charge in [-0.2, -0.15) is 0 Å². The molecule has 0 fully saturated rings. The van der Waals surface area contributed by atoms with E-state index in [1.165, 1.54) is 0 Å². The fraction of sp³-hybridized carbons (Fsp3) is 0.450. The molecule has 6 heteroatoms. The lowest BCUT2D eigenvalue weighted by Crippen LogP contribution is -2.36. The molecule has 3 rings (SSSR count). The van der Waals surface area contributed by atoms with Crippen LogP contribution in [0.15, 0.2) is 47.4 Å². The van der Waals surface area contributed by atoms with Crippen LogP contribution in [0.2, 0.25) is 0 Å². The molecule has 140 valence electrons. The molecule has 2 atom stereocenters. The summed E-state index contributed by atoms with van der Waals surface area (Å²) in [5, 5.41) is 9.46. The van der Waals surface area contributed by atoms with Gasteiger partial charge in [0.25, 0.3) is 5.56 Å². The number of hydrogen-bond donors (Lipinski definition) is 1. The first-order valence-corrected chi connectivity index (χ1v) is 9.98. The first-order valence-electron chi connectivity index (χ1n) is 8.88. The molecule has 5 nitrogen and oxygen atoms in total. The Morgan fingerprint density at radius 1 is 1.23 bits per heavy atom. The highest BCUT2D eigenvalue weighted by Gasteiger charge is 2.38. The molecular weight excluding hydrogens is 348 g/mol. The van der Waals surface area contributed by atoms with E-state index in [4.69, 9.17) is 0 Å². The van der Waals surface area contributed by atoms with Crippen molar-refractivity contribution >= 4 is 11.0 Å². The van der Waals surface area contributed by atoms with Gasteiger partial charge in [-0.15, -0.1) is 0 Å². The molecule has 0 spiro atoms. The molecule has 0 amide bonds. The van der Waals surface area contributed by atoms with Gasteiger partial charge >= 0.3 is 0 Å². The average Bonchev–Trinajstić information content (AvgIpc) is 2.92. The van der Waals surface area contributed by atoms with Gasteiger partial charge in [-0.3, -0.25) is 4.79 Å². The van der Waals surface area contributed by atoms with Crippen LogP contribution >= 0.6 is 0 Å². The monoisotopic (exact) mass is 374 g/mol. The highest BCUT2D eigenvalue weighted by atomic mass is 32.2. The topological polar surface area (TPSA) is 62.5 Å². The molecule has 1 aromatic carbocycles. The van der Waals surface area contributed by atoms with Crippen LogP contribution in [0.3, 0.4) is 0 Å². The molecule has 0 saturated carbocycles. The third-order valence-electron chi connectivity index (χ3n) is 4.61. The maximum absolute atomic E-state index is 13.0. The smallest absolute Gasteiger partial charge is 0.251 e. The Morgan fingerprint density at radius 2 is 1.92 bits per heavy atom. The Balaban J connectivity index is 1.96. The van der Waals surface area contributed by atoms with Crippen LogP contribution < -0.4 is 5.56 Å². The molecule has 1 aliphatic rings. The summed E-state index contributed by atoms with van der Waals surface area (Å²) >= 11 is 0. The van der Waals surface area contributed by atoms with E-state index in [9.17, 15) is 14.1 Å². The molecule has 0 bridgehead atoms. The number of aromatic nitrogens is 1. The van der Waals surface area contributed by atoms with Crippen molar-refractivity contribution < 1.29 is 9.32 Å². The third-order valence-corrected chi connectivity index (χ3v) is 6.47. The zero-order valence-electron chi connectivity index (χ0n) is 15.5. The SMILES string of the molecule is CC(C)(C)S(=O)N1Cc2cn(Cc3ccccc3)c(=O)cc2[C@H]1CCO. The van der Waals surface area contributed by atoms with Gasteiger partial charge in [-0.25, -0.2) is 8.51 Å². The van der Waals surface area contributed by atoms with Crippen molar-refractivity contribution in [2.45, 2.75) is 51.1 Å². The Labute approximate surface area is 156 Å². The summed E-state index contributed by atoms with van der Waals surface area (Å²) in [6, 6.07) is 11.3. The van der Waals surface area contributed by atoms with Crippen LogP contribution in [-0.2, 0) is 24.1 Å². The van der Waals surface area contributed by atoms with Gasteiger partial charge in [0.05, 0.1) is 17.3 Å². The number of aliphatic hydroxyl groups excluding tert-OH is 1. The third kappa shape index (κ3) is 3.82. The maximum atomic E-state index is 13.0. The number of fused-ring (bicyclic) bond motifs is 1. The van der Waals surface area contributed by atoms with Crippen molar-refractivity contribution in [3.05, 3.63) is 69.6 Å². The second kappa shape index (κ2) is 7.47. The van der Waals surface area contributed by atoms with Crippen molar-refractivity contribution in [3.8, 4) is 0 Å². The van der Waals surface area contributed by atoms with E-state index in [1.807, 2.05) is 61.6 Å². The van der Waals surface area contributed by atoms with Crippen LogP contribution in [0.25, 0.3) is 0 Å². The quantitative estimate of drug-likeness (QED) is 0.875. The van der Waals surface area contributed by atoms with E-state index in [2.05, 4.69) is 0 Å². The minimum absolute atomic E-state index is 0.00491. The predicted molar refractivity (Wildman–Crippen MR) is 104 cm³/mol. The summed E-state index contributed by atoms with van der Waals surface area (Å²) < 4.78 is 16.2. The molecule has 2 heterocycles. The van der Waals surface area contributed by atoms with E-state index in [1.54, 1.807) is 10.6 Å². The van der Waals surface area contributed by atoms with Crippen LogP contribution in [0.4, 0.5) is 0 Å². The summed E-state index contributed by atoms with van der Waals surface area (Å²) in [6.45, 7) is 6.86. The van der Waals surface area contributed by atoms with E-state index in [-0.39, 0.29) is 18.2 Å². The summed E-state index contributed by atoms with van der Waals surface area (Å²) in [5.74, 6) is 0. The molecule has 1 aromatic heterocycles. The lowest BCUT2D eigenvalue weighted by Gasteiger charge is -2.30. The minimum atomic E-state index is -1.21. The molecule has 0 radical (unpaired) electrons. The number of aliphatic hydroxyl groups is 1. The van der Waals surface area contributed by atoms with Gasteiger partial charge in [0.15, 0.2) is 0 Å². The fourth-order valence-electron chi connectivity index (χ4n) is 3.36. The first kappa shape index (κ1) is 19.0. The number of rotatable bonds is 5. The number of nitrogens with zero attached hydrogens (tertiary/aromatic N) is 2. The molecule has 1 N–H and O–H groups in total. The van der Waals surface area contributed by atoms with Crippen LogP contribution in [0.5, 0.6) is 0 Å². The maximum Gasteiger partial charge on any atom is 0.251 e. The lowest BCUT2D eigenvalue weighted by atomic mass is 10.0. The van der Waals surface area contributed by atoms with Gasteiger partial charge in [0, 0.05) is 25.4 Å². The molecule has 1 aliphatic heterocycles. The Morgan fingerprint density at radius 3 is 2.54 bits per heavy atom. The summed E-state index contributed by atoms with van der Waals surface area (Å²) in [4.78, 5) is 12.6. The standard InChI is InChI=1S/C20H26N2O3S/c1-20(2,3)26(25)22-14-16-13-21(12-15-7-5-4-6-8-15)19(24)11-17(16)18(22)9-10-23/h4-8,11,13,18,23H,9-10,12,14H2,1-3H3/t18-,26?/m1/s1. The molecule has 26 heavy (non-hydrogen) atoms. The summed E-state index contributed by atoms with van der Waals surface area (Å²) in [6.07, 6.45) is 2.35. The molecule has 0 saturated heterocycles. The number of pyridine rings is 1. The molecule has 2 aromatic rings. The Bertz CT molecular complexity index is 856. The van der Waals surface area contributed by atoms with E-state index in [0.29, 0.717) is 19.5 Å².